The average molecular weight is 544 g/mol. The molecular weight excluding hydrogens is 517 g/mol. The van der Waals surface area contributed by atoms with Crippen LogP contribution < -0.4 is 5.32 Å². The van der Waals surface area contributed by atoms with E-state index in [0.29, 0.717) is 0 Å². The number of nitrogens with one attached hydrogen (secondary N) is 1. The first-order valence-corrected chi connectivity index (χ1v) is 14.0. The third-order valence-corrected chi connectivity index (χ3v) is 5.38. The third-order valence-electron chi connectivity index (χ3n) is 4.77. The summed E-state index contributed by atoms with van der Waals surface area (Å²) in [5, 5.41) is 3.57. The number of sulfonamides is 1. The van der Waals surface area contributed by atoms with Crippen LogP contribution in [-0.2, 0) is 33.8 Å². The van der Waals surface area contributed by atoms with Gasteiger partial charge in [-0.15, -0.1) is 0 Å². The summed E-state index contributed by atoms with van der Waals surface area (Å²) in [4.78, 5) is 0. The van der Waals surface area contributed by atoms with Gasteiger partial charge in [0.1, 0.15) is 0 Å². The van der Waals surface area contributed by atoms with Crippen LogP contribution in [0.25, 0.3) is 4.72 Å². The predicted molar refractivity (Wildman–Crippen MR) is 125 cm³/mol. The molecule has 0 radical (unpaired) electrons. The van der Waals surface area contributed by atoms with E-state index in [2.05, 4.69) is 31.9 Å². The Bertz CT molecular complexity index is 974. The van der Waals surface area contributed by atoms with Gasteiger partial charge in [-0.2, -0.15) is 0 Å². The van der Waals surface area contributed by atoms with E-state index < -0.39 is 16.1 Å². The third kappa shape index (κ3) is 9.22. The molecule has 2 atom stereocenters. The zero-order valence-electron chi connectivity index (χ0n) is 17.3. The van der Waals surface area contributed by atoms with Crippen molar-refractivity contribution >= 4 is 19.7 Å². The van der Waals surface area contributed by atoms with E-state index in [1.165, 1.54) is 5.56 Å². The standard InChI is InChI=1S/C24H27N2O2S.ClH.Ru/c1-29(27,28)26-24(22-17-9-4-10-18-22)23(21-15-7-3-8-16-21)25-19-11-14-20-12-5-2-6-13-20;;/h2-10,12-13,15-18,23-25H,11,14,19H2,1H3;1H;/q-1;;+3/p-1/t23-,24-;;/m1../s1. The molecule has 0 saturated heterocycles. The van der Waals surface area contributed by atoms with Crippen LogP contribution in [0.5, 0.6) is 0 Å². The van der Waals surface area contributed by atoms with Gasteiger partial charge in [0.25, 0.3) is 0 Å². The maximum atomic E-state index is 12.1. The first kappa shape index (κ1) is 25.7. The molecule has 0 fully saturated rings. The second kappa shape index (κ2) is 13.8. The minimum atomic E-state index is -3.51. The van der Waals surface area contributed by atoms with Gasteiger partial charge >= 0.3 is 27.0 Å². The van der Waals surface area contributed by atoms with Crippen LogP contribution in [0.2, 0.25) is 0 Å². The van der Waals surface area contributed by atoms with Gasteiger partial charge in [0.05, 0.1) is 10.0 Å². The topological polar surface area (TPSA) is 60.3 Å². The van der Waals surface area contributed by atoms with E-state index in [0.717, 1.165) is 36.8 Å². The van der Waals surface area contributed by atoms with Crippen LogP contribution in [0.4, 0.5) is 0 Å². The van der Waals surface area contributed by atoms with Crippen LogP contribution >= 0.6 is 9.69 Å². The van der Waals surface area contributed by atoms with Crippen molar-refractivity contribution in [2.24, 2.45) is 0 Å². The van der Waals surface area contributed by atoms with E-state index in [9.17, 15) is 8.42 Å². The second-order valence-corrected chi connectivity index (χ2v) is 8.80. The second-order valence-electron chi connectivity index (χ2n) is 7.13. The van der Waals surface area contributed by atoms with Crippen molar-refractivity contribution in [2.75, 3.05) is 12.8 Å². The van der Waals surface area contributed by atoms with Gasteiger partial charge in [-0.3, -0.25) is 0 Å². The Morgan fingerprint density at radius 3 is 1.84 bits per heavy atom. The van der Waals surface area contributed by atoms with E-state index in [1.807, 2.05) is 96.2 Å². The number of hydrogen-bond acceptors (Lipinski definition) is 3. The number of hydrogen-bond donors (Lipinski definition) is 1. The molecule has 0 aliphatic rings. The number of rotatable bonds is 10. The fourth-order valence-corrected chi connectivity index (χ4v) is 4.09. The number of nitrogens with zero attached hydrogens (tertiary/aromatic N) is 1. The van der Waals surface area contributed by atoms with Crippen LogP contribution in [0.3, 0.4) is 0 Å². The minimum absolute atomic E-state index is 0.232. The van der Waals surface area contributed by atoms with Gasteiger partial charge < -0.3 is 10.0 Å². The van der Waals surface area contributed by atoms with E-state index in [1.54, 1.807) is 0 Å². The first-order chi connectivity index (χ1) is 15.0. The molecule has 165 valence electrons. The molecule has 0 bridgehead atoms. The van der Waals surface area contributed by atoms with Gasteiger partial charge in [-0.05, 0) is 30.5 Å². The molecule has 0 aromatic heterocycles. The summed E-state index contributed by atoms with van der Waals surface area (Å²) < 4.78 is 28.3. The van der Waals surface area contributed by atoms with Crippen molar-refractivity contribution in [2.45, 2.75) is 24.9 Å². The maximum absolute atomic E-state index is 12.1. The Morgan fingerprint density at radius 1 is 0.839 bits per heavy atom. The summed E-state index contributed by atoms with van der Waals surface area (Å²) in [6.45, 7) is 0.761. The van der Waals surface area contributed by atoms with Gasteiger partial charge in [-0.1, -0.05) is 103 Å². The summed E-state index contributed by atoms with van der Waals surface area (Å²) >= 11 is 1.82. The Hall–Kier alpha value is -1.56. The molecule has 7 heteroatoms. The summed E-state index contributed by atoms with van der Waals surface area (Å²) in [5.41, 5.74) is 3.20. The van der Waals surface area contributed by atoms with Gasteiger partial charge in [0.2, 0.25) is 0 Å². The first-order valence-electron chi connectivity index (χ1n) is 9.95. The molecule has 1 N–H and O–H groups in total. The van der Waals surface area contributed by atoms with Gasteiger partial charge in [0, 0.05) is 12.3 Å². The molecule has 31 heavy (non-hydrogen) atoms. The van der Waals surface area contributed by atoms with Crippen molar-refractivity contribution in [1.82, 2.24) is 5.32 Å². The van der Waals surface area contributed by atoms with Crippen molar-refractivity contribution in [3.8, 4) is 0 Å². The number of benzene rings is 3. The Balaban J connectivity index is 0.00000166. The molecule has 0 saturated carbocycles. The Morgan fingerprint density at radius 2 is 1.32 bits per heavy atom. The molecule has 3 rings (SSSR count). The molecule has 3 aromatic carbocycles. The van der Waals surface area contributed by atoms with Crippen molar-refractivity contribution in [3.63, 3.8) is 0 Å². The van der Waals surface area contributed by atoms with E-state index in [4.69, 9.17) is 0 Å². The molecule has 0 spiro atoms. The van der Waals surface area contributed by atoms with Crippen LogP contribution in [-0.4, -0.2) is 21.2 Å². The molecule has 0 amide bonds. The molecule has 0 aliphatic heterocycles. The zero-order valence-corrected chi connectivity index (χ0v) is 20.7. The van der Waals surface area contributed by atoms with E-state index in [-0.39, 0.29) is 6.04 Å². The fourth-order valence-electron chi connectivity index (χ4n) is 3.44. The van der Waals surface area contributed by atoms with Crippen LogP contribution in [0, 0.1) is 0 Å². The predicted octanol–water partition coefficient (Wildman–Crippen LogP) is 5.71. The molecule has 0 aliphatic carbocycles. The average Bonchev–Trinajstić information content (AvgIpc) is 2.80. The number of aryl methyl sites for hydroxylation is 1. The van der Waals surface area contributed by atoms with E-state index >= 15 is 0 Å². The van der Waals surface area contributed by atoms with Crippen molar-refractivity contribution in [3.05, 3.63) is 112 Å². The molecular formula is C24H27ClN2O2RuS+. The normalized spacial score (nSPS) is 13.0. The Labute approximate surface area is 200 Å². The molecule has 0 heterocycles. The Kier molecular flexibility index (Phi) is 11.4. The summed E-state index contributed by atoms with van der Waals surface area (Å²) in [6.07, 6.45) is 3.07. The summed E-state index contributed by atoms with van der Waals surface area (Å²) in [6, 6.07) is 29.2. The SMILES string of the molecule is CS(=O)(=O)[N-][C@H](c1ccccc1)[C@H](NCCCc1ccccc1)c1ccccc1.[Cl][Ru+2]. The molecule has 3 aromatic rings. The number of halogens is 1. The van der Waals surface area contributed by atoms with Gasteiger partial charge in [0.15, 0.2) is 0 Å². The summed E-state index contributed by atoms with van der Waals surface area (Å²) in [7, 11) is 1.06. The van der Waals surface area contributed by atoms with Crippen LogP contribution in [0.1, 0.15) is 35.2 Å². The van der Waals surface area contributed by atoms with Gasteiger partial charge in [-0.25, -0.2) is 8.42 Å². The monoisotopic (exact) mass is 544 g/mol. The molecule has 4 nitrogen and oxygen atoms in total. The molecule has 0 unspecified atom stereocenters. The van der Waals surface area contributed by atoms with Crippen molar-refractivity contribution in [1.29, 1.82) is 0 Å². The fraction of sp³-hybridized carbons (Fsp3) is 0.250. The summed E-state index contributed by atoms with van der Waals surface area (Å²) in [5.74, 6) is 0. The quantitative estimate of drug-likeness (QED) is 0.263. The van der Waals surface area contributed by atoms with Crippen molar-refractivity contribution < 1.29 is 25.7 Å². The zero-order chi connectivity index (χ0) is 22.5. The van der Waals surface area contributed by atoms with Crippen LogP contribution in [0.15, 0.2) is 91.0 Å².